The molecule has 3 nitrogen and oxygen atoms in total. The molecular weight excluding hydrogens is 1580 g/mol. The van der Waals surface area contributed by atoms with Gasteiger partial charge in [-0.05, 0) is 223 Å². The normalized spacial score (nSPS) is 13.5. The summed E-state index contributed by atoms with van der Waals surface area (Å²) in [5.74, 6) is 1.63. The average molecular weight is 1720 g/mol. The maximum absolute atomic E-state index is 3.00. The molecule has 19 aromatic carbocycles. The second kappa shape index (κ2) is 37.6. The summed E-state index contributed by atoms with van der Waals surface area (Å²) in [4.78, 5) is 0. The van der Waals surface area contributed by atoms with Gasteiger partial charge < -0.3 is 13.7 Å². The predicted molar refractivity (Wildman–Crippen MR) is 578 cm³/mol. The Balaban J connectivity index is 0.814. The van der Waals surface area contributed by atoms with Crippen LogP contribution in [-0.4, -0.2) is 13.7 Å². The average Bonchev–Trinajstić information content (AvgIpc) is 1.59. The number of fused-ring (bicyclic) bond motifs is 5. The molecule has 0 saturated heterocycles. The molecule has 3 aromatic heterocycles. The number of benzene rings is 19. The summed E-state index contributed by atoms with van der Waals surface area (Å²) < 4.78 is 8.87. The standard InChI is InChI=1S/C128H137N3/c1-7-13-19-25-28-34-52-84(49-31-22-16-10-4)81-129-111-75-105(91-61-41-57-87-55-37-39-59-89(87)91)99-69-43-63-93-95-65-45-71-101-107(77-113(129)125(119(95)101)123(111)117(93)99)109-79-115-127-121-97(67-47-73-103(109)121)98-68-48-74-104-110(80-116(128(127)122(98)104)131(115)83-86(51-33-24-18-12-6)54-36-30-27-21-15-9-3)108-78-114-126-120-96(66-46-72-102(108)120)94-64-44-70-100-106(92-62-42-58-88-56-38-40-60-90(88)92)76-112(124(126)118(94)100)130(114)82-85(50-32-23-17-11-5)53-35-29-26-20-14-8-2/h37-48,55-80,84-86H,7-36,49-54,81-83H2,1-6H3. The molecule has 0 saturated carbocycles. The summed E-state index contributed by atoms with van der Waals surface area (Å²) >= 11 is 0. The lowest BCUT2D eigenvalue weighted by Gasteiger charge is -2.21. The minimum atomic E-state index is 0.520. The molecule has 22 rings (SSSR count). The van der Waals surface area contributed by atoms with Gasteiger partial charge in [0.25, 0.3) is 0 Å². The molecule has 0 amide bonds. The van der Waals surface area contributed by atoms with Gasteiger partial charge in [0.05, 0.1) is 33.1 Å². The van der Waals surface area contributed by atoms with Crippen molar-refractivity contribution in [3.05, 3.63) is 231 Å². The molecule has 3 heterocycles. The predicted octanol–water partition coefficient (Wildman–Crippen LogP) is 40.0. The topological polar surface area (TPSA) is 14.8 Å². The Hall–Kier alpha value is -11.0. The van der Waals surface area contributed by atoms with Crippen molar-refractivity contribution >= 4 is 184 Å². The highest BCUT2D eigenvalue weighted by molar-refractivity contribution is 6.47. The number of unbranched alkanes of at least 4 members (excludes halogenated alkanes) is 24. The van der Waals surface area contributed by atoms with Crippen LogP contribution >= 0.6 is 0 Å². The Morgan fingerprint density at radius 2 is 0.336 bits per heavy atom. The molecule has 0 bridgehead atoms. The van der Waals surface area contributed by atoms with Gasteiger partial charge in [-0.25, -0.2) is 0 Å². The van der Waals surface area contributed by atoms with E-state index in [1.807, 2.05) is 0 Å². The number of nitrogens with zero attached hydrogens (tertiary/aromatic N) is 3. The van der Waals surface area contributed by atoms with E-state index in [1.165, 1.54) is 460 Å². The second-order valence-corrected chi connectivity index (χ2v) is 41.0. The maximum atomic E-state index is 3.00. The zero-order valence-corrected chi connectivity index (χ0v) is 79.6. The number of rotatable bonds is 46. The fourth-order valence-corrected chi connectivity index (χ4v) is 26.1. The number of aromatic nitrogens is 3. The van der Waals surface area contributed by atoms with E-state index in [1.54, 1.807) is 0 Å². The van der Waals surface area contributed by atoms with Crippen molar-refractivity contribution in [3.8, 4) is 44.5 Å². The van der Waals surface area contributed by atoms with Crippen molar-refractivity contribution in [1.82, 2.24) is 13.7 Å². The minimum Gasteiger partial charge on any atom is -0.340 e. The van der Waals surface area contributed by atoms with Crippen molar-refractivity contribution in [3.63, 3.8) is 0 Å². The first-order chi connectivity index (χ1) is 64.9. The first-order valence-corrected chi connectivity index (χ1v) is 52.8. The van der Waals surface area contributed by atoms with E-state index < -0.39 is 0 Å². The van der Waals surface area contributed by atoms with E-state index in [0.717, 1.165) is 19.6 Å². The van der Waals surface area contributed by atoms with E-state index in [-0.39, 0.29) is 0 Å². The first kappa shape index (κ1) is 85.5. The number of hydrogen-bond acceptors (Lipinski definition) is 0. The maximum Gasteiger partial charge on any atom is 0.0504 e. The summed E-state index contributed by atoms with van der Waals surface area (Å²) in [7, 11) is 0. The van der Waals surface area contributed by atoms with Crippen LogP contribution in [0.2, 0.25) is 0 Å². The highest BCUT2D eigenvalue weighted by Crippen LogP contribution is 2.59. The van der Waals surface area contributed by atoms with Gasteiger partial charge in [-0.15, -0.1) is 0 Å². The lowest BCUT2D eigenvalue weighted by Crippen LogP contribution is -2.12. The molecule has 664 valence electrons. The molecule has 0 aliphatic carbocycles. The highest BCUT2D eigenvalue weighted by atomic mass is 15.0. The quantitative estimate of drug-likeness (QED) is 0.0205. The molecule has 0 fully saturated rings. The largest absolute Gasteiger partial charge is 0.340 e. The van der Waals surface area contributed by atoms with Crippen LogP contribution in [-0.2, 0) is 19.6 Å². The zero-order chi connectivity index (χ0) is 88.2. The van der Waals surface area contributed by atoms with Gasteiger partial charge in [-0.3, -0.25) is 0 Å². The molecule has 3 unspecified atom stereocenters. The lowest BCUT2D eigenvalue weighted by molar-refractivity contribution is 0.365. The van der Waals surface area contributed by atoms with Crippen LogP contribution in [0.4, 0.5) is 0 Å². The SMILES string of the molecule is CCCCCCCCC(CCCCCC)Cn1c2cc(-c3cccc4ccccc34)c3cccc4c5cccc6c(-c7cc8c9c%10c7cccc%10c7cccc%10c(-c%11cc%12c%13c%14c%11cccc%14c%11cccc%14c(-c%15cccc%16ccccc%15%16)cc(c%13c%14%11)n%12CC(CCCCCC)CCCCCCCC)cc(c9c%107)n8CC(CCCCCC)CCCCCCCC)cc1c(c65)c2c34. The smallest absolute Gasteiger partial charge is 0.0504 e. The van der Waals surface area contributed by atoms with Gasteiger partial charge in [-0.1, -0.05) is 428 Å². The van der Waals surface area contributed by atoms with Crippen molar-refractivity contribution in [1.29, 1.82) is 0 Å². The zero-order valence-electron chi connectivity index (χ0n) is 79.6. The molecule has 0 radical (unpaired) electrons. The van der Waals surface area contributed by atoms with Crippen molar-refractivity contribution in [2.45, 2.75) is 292 Å². The van der Waals surface area contributed by atoms with E-state index in [2.05, 4.69) is 286 Å². The number of hydrogen-bond donors (Lipinski definition) is 0. The highest BCUT2D eigenvalue weighted by Gasteiger charge is 2.34. The molecule has 3 atom stereocenters. The van der Waals surface area contributed by atoms with Gasteiger partial charge >= 0.3 is 0 Å². The lowest BCUT2D eigenvalue weighted by atomic mass is 9.82. The fourth-order valence-electron chi connectivity index (χ4n) is 26.1. The summed E-state index contributed by atoms with van der Waals surface area (Å²) in [6.45, 7) is 17.3. The summed E-state index contributed by atoms with van der Waals surface area (Å²) in [5, 5.41) is 39.0. The molecule has 3 heteroatoms. The Morgan fingerprint density at radius 1 is 0.160 bits per heavy atom. The van der Waals surface area contributed by atoms with Gasteiger partial charge in [0, 0.05) is 84.3 Å². The van der Waals surface area contributed by atoms with Gasteiger partial charge in [0.2, 0.25) is 0 Å². The van der Waals surface area contributed by atoms with Gasteiger partial charge in [-0.2, -0.15) is 0 Å². The van der Waals surface area contributed by atoms with E-state index in [0.29, 0.717) is 17.8 Å². The first-order valence-electron chi connectivity index (χ1n) is 52.8. The molecule has 131 heavy (non-hydrogen) atoms. The Morgan fingerprint density at radius 3 is 0.573 bits per heavy atom. The third-order valence-electron chi connectivity index (χ3n) is 32.6. The van der Waals surface area contributed by atoms with Gasteiger partial charge in [0.1, 0.15) is 0 Å². The molecule has 22 aromatic rings. The summed E-state index contributed by atoms with van der Waals surface area (Å²) in [6, 6.07) is 93.6. The van der Waals surface area contributed by atoms with Crippen LogP contribution < -0.4 is 0 Å². The van der Waals surface area contributed by atoms with Crippen LogP contribution in [0.5, 0.6) is 0 Å². The minimum absolute atomic E-state index is 0.520. The Labute approximate surface area is 777 Å². The van der Waals surface area contributed by atoms with Crippen molar-refractivity contribution in [2.24, 2.45) is 17.8 Å². The second-order valence-electron chi connectivity index (χ2n) is 41.0. The summed E-state index contributed by atoms with van der Waals surface area (Å²) in [5.41, 5.74) is 19.3. The van der Waals surface area contributed by atoms with Gasteiger partial charge in [0.15, 0.2) is 0 Å². The van der Waals surface area contributed by atoms with E-state index >= 15 is 0 Å². The fraction of sp³-hybridized carbons (Fsp3) is 0.375. The van der Waals surface area contributed by atoms with Crippen LogP contribution in [0.3, 0.4) is 0 Å². The van der Waals surface area contributed by atoms with Crippen LogP contribution in [0.15, 0.2) is 231 Å². The Kier molecular flexibility index (Phi) is 24.5. The third kappa shape index (κ3) is 15.0. The van der Waals surface area contributed by atoms with Crippen LogP contribution in [0.25, 0.3) is 228 Å². The molecular formula is C128H137N3. The molecule has 0 N–H and O–H groups in total. The Bertz CT molecular complexity index is 7310. The third-order valence-corrected chi connectivity index (χ3v) is 32.6. The van der Waals surface area contributed by atoms with Crippen LogP contribution in [0.1, 0.15) is 273 Å². The molecule has 0 spiro atoms. The van der Waals surface area contributed by atoms with E-state index in [9.17, 15) is 0 Å². The molecule has 0 aliphatic heterocycles. The monoisotopic (exact) mass is 1720 g/mol. The van der Waals surface area contributed by atoms with E-state index in [4.69, 9.17) is 0 Å². The molecule has 0 aliphatic rings. The van der Waals surface area contributed by atoms with Crippen LogP contribution in [0, 0.1) is 17.8 Å². The van der Waals surface area contributed by atoms with Crippen molar-refractivity contribution in [2.75, 3.05) is 0 Å². The van der Waals surface area contributed by atoms with Crippen molar-refractivity contribution < 1.29 is 0 Å². The summed E-state index contributed by atoms with van der Waals surface area (Å²) in [6.07, 6.45) is 46.8.